The zero-order valence-corrected chi connectivity index (χ0v) is 10.0. The third-order valence-corrected chi connectivity index (χ3v) is 3.17. The van der Waals surface area contributed by atoms with Gasteiger partial charge in [-0.25, -0.2) is 0 Å². The fraction of sp³-hybridized carbons (Fsp3) is 0.250. The van der Waals surface area contributed by atoms with E-state index in [1.165, 1.54) is 0 Å². The Morgan fingerprint density at radius 3 is 2.37 bits per heavy atom. The summed E-state index contributed by atoms with van der Waals surface area (Å²) in [5.74, 6) is -0.806. The first kappa shape index (κ1) is 11.5. The van der Waals surface area contributed by atoms with Crippen LogP contribution >= 0.6 is 0 Å². The SMILES string of the molecule is Nc1cc2c(cc1N1CC(=O)NC(=O)C1)NC(=O)C2. The van der Waals surface area contributed by atoms with Gasteiger partial charge in [-0.2, -0.15) is 0 Å². The lowest BCUT2D eigenvalue weighted by Gasteiger charge is -2.28. The lowest BCUT2D eigenvalue weighted by molar-refractivity contribution is -0.130. The summed E-state index contributed by atoms with van der Waals surface area (Å²) in [6, 6.07) is 3.42. The number of imide groups is 1. The second kappa shape index (κ2) is 3.98. The minimum Gasteiger partial charge on any atom is -0.397 e. The van der Waals surface area contributed by atoms with E-state index in [9.17, 15) is 14.4 Å². The van der Waals surface area contributed by atoms with E-state index in [1.54, 1.807) is 17.0 Å². The van der Waals surface area contributed by atoms with Crippen molar-refractivity contribution in [2.45, 2.75) is 6.42 Å². The molecule has 0 aliphatic carbocycles. The summed E-state index contributed by atoms with van der Waals surface area (Å²) in [5, 5.41) is 4.95. The van der Waals surface area contributed by atoms with E-state index >= 15 is 0 Å². The van der Waals surface area contributed by atoms with Crippen LogP contribution in [0.1, 0.15) is 5.56 Å². The molecule has 2 aliphatic rings. The Morgan fingerprint density at radius 2 is 1.68 bits per heavy atom. The maximum Gasteiger partial charge on any atom is 0.246 e. The summed E-state index contributed by atoms with van der Waals surface area (Å²) in [7, 11) is 0. The van der Waals surface area contributed by atoms with Crippen LogP contribution in [0.15, 0.2) is 12.1 Å². The normalized spacial score (nSPS) is 18.1. The van der Waals surface area contributed by atoms with Gasteiger partial charge in [0, 0.05) is 5.69 Å². The molecule has 7 heteroatoms. The Labute approximate surface area is 108 Å². The first-order chi connectivity index (χ1) is 9.02. The Kier molecular flexibility index (Phi) is 2.41. The van der Waals surface area contributed by atoms with Gasteiger partial charge in [-0.1, -0.05) is 0 Å². The number of piperazine rings is 1. The molecule has 3 amide bonds. The number of benzene rings is 1. The maximum absolute atomic E-state index is 11.4. The molecule has 0 spiro atoms. The van der Waals surface area contributed by atoms with Crippen molar-refractivity contribution in [3.63, 3.8) is 0 Å². The highest BCUT2D eigenvalue weighted by Gasteiger charge is 2.26. The number of rotatable bonds is 1. The molecule has 0 aromatic heterocycles. The number of nitrogens with two attached hydrogens (primary N) is 1. The minimum absolute atomic E-state index is 0.0721. The Balaban J connectivity index is 1.97. The van der Waals surface area contributed by atoms with E-state index in [-0.39, 0.29) is 30.8 Å². The number of fused-ring (bicyclic) bond motifs is 1. The van der Waals surface area contributed by atoms with Gasteiger partial charge >= 0.3 is 0 Å². The molecule has 1 saturated heterocycles. The molecule has 4 N–H and O–H groups in total. The second-order valence-corrected chi connectivity index (χ2v) is 4.62. The monoisotopic (exact) mass is 260 g/mol. The number of carbonyl (C=O) groups excluding carboxylic acids is 3. The van der Waals surface area contributed by atoms with Crippen molar-refractivity contribution in [3.8, 4) is 0 Å². The Morgan fingerprint density at radius 1 is 1.00 bits per heavy atom. The number of carbonyl (C=O) groups is 3. The average molecular weight is 260 g/mol. The van der Waals surface area contributed by atoms with Gasteiger partial charge < -0.3 is 16.0 Å². The predicted octanol–water partition coefficient (Wildman–Crippen LogP) is -0.774. The molecule has 98 valence electrons. The minimum atomic E-state index is -0.361. The van der Waals surface area contributed by atoms with Crippen LogP contribution in [0.2, 0.25) is 0 Å². The average Bonchev–Trinajstić information content (AvgIpc) is 2.65. The number of nitrogens with one attached hydrogen (secondary N) is 2. The van der Waals surface area contributed by atoms with Crippen molar-refractivity contribution in [3.05, 3.63) is 17.7 Å². The quantitative estimate of drug-likeness (QED) is 0.454. The Hall–Kier alpha value is -2.57. The first-order valence-electron chi connectivity index (χ1n) is 5.83. The van der Waals surface area contributed by atoms with Gasteiger partial charge in [-0.3, -0.25) is 19.7 Å². The second-order valence-electron chi connectivity index (χ2n) is 4.62. The van der Waals surface area contributed by atoms with Crippen LogP contribution in [0, 0.1) is 0 Å². The molecule has 0 unspecified atom stereocenters. The fourth-order valence-electron chi connectivity index (χ4n) is 2.36. The van der Waals surface area contributed by atoms with Crippen molar-refractivity contribution in [1.29, 1.82) is 0 Å². The van der Waals surface area contributed by atoms with Crippen LogP contribution in [-0.4, -0.2) is 30.8 Å². The molecule has 1 aromatic rings. The first-order valence-corrected chi connectivity index (χ1v) is 5.83. The van der Waals surface area contributed by atoms with E-state index in [1.807, 2.05) is 0 Å². The maximum atomic E-state index is 11.4. The summed E-state index contributed by atoms with van der Waals surface area (Å²) in [6.07, 6.45) is 0.305. The van der Waals surface area contributed by atoms with Crippen molar-refractivity contribution in [2.24, 2.45) is 0 Å². The van der Waals surface area contributed by atoms with Crippen molar-refractivity contribution in [2.75, 3.05) is 29.0 Å². The van der Waals surface area contributed by atoms with E-state index in [2.05, 4.69) is 10.6 Å². The number of anilines is 3. The summed E-state index contributed by atoms with van der Waals surface area (Å²) >= 11 is 0. The van der Waals surface area contributed by atoms with Gasteiger partial charge in [0.15, 0.2) is 0 Å². The van der Waals surface area contributed by atoms with Gasteiger partial charge in [-0.05, 0) is 17.7 Å². The molecule has 7 nitrogen and oxygen atoms in total. The summed E-state index contributed by atoms with van der Waals surface area (Å²) in [6.45, 7) is 0.144. The molecular formula is C12H12N4O3. The van der Waals surface area contributed by atoms with Crippen molar-refractivity contribution < 1.29 is 14.4 Å². The molecule has 2 aliphatic heterocycles. The van der Waals surface area contributed by atoms with Crippen LogP contribution in [0.4, 0.5) is 17.1 Å². The largest absolute Gasteiger partial charge is 0.397 e. The summed E-state index contributed by atoms with van der Waals surface area (Å²) < 4.78 is 0. The van der Waals surface area contributed by atoms with Crippen LogP contribution in [0.3, 0.4) is 0 Å². The van der Waals surface area contributed by atoms with Crippen LogP contribution in [0.25, 0.3) is 0 Å². The number of hydrogen-bond donors (Lipinski definition) is 3. The van der Waals surface area contributed by atoms with Gasteiger partial charge in [0.1, 0.15) is 0 Å². The van der Waals surface area contributed by atoms with Crippen molar-refractivity contribution in [1.82, 2.24) is 5.32 Å². The van der Waals surface area contributed by atoms with Gasteiger partial charge in [-0.15, -0.1) is 0 Å². The fourth-order valence-corrected chi connectivity index (χ4v) is 2.36. The highest BCUT2D eigenvalue weighted by Crippen LogP contribution is 2.33. The van der Waals surface area contributed by atoms with E-state index in [0.29, 0.717) is 23.5 Å². The zero-order valence-electron chi connectivity index (χ0n) is 10.0. The van der Waals surface area contributed by atoms with E-state index < -0.39 is 0 Å². The van der Waals surface area contributed by atoms with Crippen LogP contribution < -0.4 is 21.3 Å². The standard InChI is InChI=1S/C12H12N4O3/c13-7-1-6-2-10(17)14-8(6)3-9(7)16-4-11(18)15-12(19)5-16/h1,3H,2,4-5,13H2,(H,14,17)(H,15,18,19). The Bertz CT molecular complexity index is 595. The highest BCUT2D eigenvalue weighted by molar-refractivity contribution is 6.05. The molecule has 1 aromatic carbocycles. The lowest BCUT2D eigenvalue weighted by Crippen LogP contribution is -2.51. The molecule has 0 radical (unpaired) electrons. The topological polar surface area (TPSA) is 105 Å². The number of hydrogen-bond acceptors (Lipinski definition) is 5. The van der Waals surface area contributed by atoms with Crippen molar-refractivity contribution >= 4 is 34.8 Å². The van der Waals surface area contributed by atoms with E-state index in [4.69, 9.17) is 5.73 Å². The molecule has 0 atom stereocenters. The zero-order chi connectivity index (χ0) is 13.6. The molecule has 3 rings (SSSR count). The molecule has 2 heterocycles. The third-order valence-electron chi connectivity index (χ3n) is 3.17. The molecule has 19 heavy (non-hydrogen) atoms. The number of nitrogens with zero attached hydrogens (tertiary/aromatic N) is 1. The number of nitrogen functional groups attached to an aromatic ring is 1. The summed E-state index contributed by atoms with van der Waals surface area (Å²) in [4.78, 5) is 35.7. The van der Waals surface area contributed by atoms with Crippen LogP contribution in [-0.2, 0) is 20.8 Å². The highest BCUT2D eigenvalue weighted by atomic mass is 16.2. The smallest absolute Gasteiger partial charge is 0.246 e. The van der Waals surface area contributed by atoms with Gasteiger partial charge in [0.2, 0.25) is 17.7 Å². The molecule has 1 fully saturated rings. The van der Waals surface area contributed by atoms with E-state index in [0.717, 1.165) is 5.56 Å². The summed E-state index contributed by atoms with van der Waals surface area (Å²) in [5.41, 5.74) is 8.50. The molecule has 0 saturated carbocycles. The lowest BCUT2D eigenvalue weighted by atomic mass is 10.1. The van der Waals surface area contributed by atoms with Gasteiger partial charge in [0.05, 0.1) is 30.9 Å². The molecular weight excluding hydrogens is 248 g/mol. The van der Waals surface area contributed by atoms with Gasteiger partial charge in [0.25, 0.3) is 0 Å². The third kappa shape index (κ3) is 1.99. The predicted molar refractivity (Wildman–Crippen MR) is 68.6 cm³/mol. The molecule has 0 bridgehead atoms. The van der Waals surface area contributed by atoms with Crippen LogP contribution in [0.5, 0.6) is 0 Å². The number of amides is 3.